The largest absolute Gasteiger partial charge is 0.495 e. The van der Waals surface area contributed by atoms with Gasteiger partial charge in [0.25, 0.3) is 0 Å². The number of methoxy groups -OCH3 is 1. The molecule has 1 amide bonds. The van der Waals surface area contributed by atoms with Crippen molar-refractivity contribution in [3.8, 4) is 5.75 Å². The van der Waals surface area contributed by atoms with Gasteiger partial charge in [-0.2, -0.15) is 0 Å². The molecule has 176 valence electrons. The number of carboxylic acid groups (broad SMARTS) is 2. The van der Waals surface area contributed by atoms with E-state index in [2.05, 4.69) is 10.6 Å². The molecule has 0 spiro atoms. The summed E-state index contributed by atoms with van der Waals surface area (Å²) >= 11 is 6.90. The number of hydrogen-bond donors (Lipinski definition) is 4. The topological polar surface area (TPSA) is 125 Å². The third-order valence-corrected chi connectivity index (χ3v) is 7.15. The van der Waals surface area contributed by atoms with Gasteiger partial charge in [0.1, 0.15) is 5.75 Å². The molecule has 2 atom stereocenters. The molecule has 4 aliphatic carbocycles. The van der Waals surface area contributed by atoms with E-state index < -0.39 is 11.9 Å². The molecule has 5 rings (SSSR count). The van der Waals surface area contributed by atoms with Crippen LogP contribution in [0, 0.1) is 24.2 Å². The molecule has 4 fully saturated rings. The molecule has 9 heteroatoms. The van der Waals surface area contributed by atoms with Crippen molar-refractivity contribution in [3.63, 3.8) is 0 Å². The molecule has 32 heavy (non-hydrogen) atoms. The molecule has 4 bridgehead atoms. The van der Waals surface area contributed by atoms with Gasteiger partial charge in [-0.25, -0.2) is 9.59 Å². The minimum atomic E-state index is -1.82. The minimum absolute atomic E-state index is 0.0285. The number of aryl methyl sites for hydroxylation is 1. The first-order valence-electron chi connectivity index (χ1n) is 10.8. The number of nitrogens with one attached hydrogen (secondary N) is 2. The fourth-order valence-corrected chi connectivity index (χ4v) is 6.82. The fraction of sp³-hybridized carbons (Fsp3) is 0.609. The summed E-state index contributed by atoms with van der Waals surface area (Å²) in [5.41, 5.74) is 2.12. The van der Waals surface area contributed by atoms with Crippen LogP contribution in [0.4, 0.5) is 5.69 Å². The Bertz CT molecular complexity index is 863. The number of aliphatic carboxylic acids is 2. The van der Waals surface area contributed by atoms with Crippen molar-refractivity contribution in [1.29, 1.82) is 0 Å². The first-order valence-corrected chi connectivity index (χ1v) is 11.2. The van der Waals surface area contributed by atoms with Crippen molar-refractivity contribution in [2.75, 3.05) is 25.5 Å². The molecule has 8 nitrogen and oxygen atoms in total. The van der Waals surface area contributed by atoms with Crippen LogP contribution in [0.5, 0.6) is 5.75 Å². The Morgan fingerprint density at radius 3 is 2.28 bits per heavy atom. The van der Waals surface area contributed by atoms with Crippen LogP contribution in [0.15, 0.2) is 18.2 Å². The zero-order valence-electron chi connectivity index (χ0n) is 18.4. The summed E-state index contributed by atoms with van der Waals surface area (Å²) in [7, 11) is 1.62. The highest BCUT2D eigenvalue weighted by Gasteiger charge is 2.56. The first kappa shape index (κ1) is 24.3. The summed E-state index contributed by atoms with van der Waals surface area (Å²) in [6, 6.07) is 5.79. The van der Waals surface area contributed by atoms with E-state index >= 15 is 0 Å². The molecular weight excluding hydrogens is 436 g/mol. The van der Waals surface area contributed by atoms with E-state index in [1.165, 1.54) is 32.1 Å². The van der Waals surface area contributed by atoms with E-state index in [1.54, 1.807) is 7.11 Å². The lowest BCUT2D eigenvalue weighted by atomic mass is 9.49. The predicted molar refractivity (Wildman–Crippen MR) is 120 cm³/mol. The van der Waals surface area contributed by atoms with Crippen molar-refractivity contribution in [1.82, 2.24) is 5.32 Å². The molecule has 4 saturated carbocycles. The summed E-state index contributed by atoms with van der Waals surface area (Å²) < 4.78 is 5.33. The molecule has 0 radical (unpaired) electrons. The number of rotatable bonds is 6. The maximum Gasteiger partial charge on any atom is 0.414 e. The van der Waals surface area contributed by atoms with Crippen LogP contribution in [0.3, 0.4) is 0 Å². The average molecular weight is 467 g/mol. The second-order valence-corrected chi connectivity index (χ2v) is 10.4. The molecule has 2 unspecified atom stereocenters. The number of alkyl halides is 1. The van der Waals surface area contributed by atoms with Crippen LogP contribution in [0.1, 0.15) is 44.1 Å². The standard InChI is InChI=1S/C21H29ClN2O2.C2H2O4/c1-14-3-4-18(26-2)17(5-14)24-19(25)11-23-13-20-7-15-6-16(8-20)10-21(22,9-15)12-20;3-1(4)2(5)6/h3-5,15-16,23H,6-13H2,1-2H3,(H,24,25);(H,3,4)(H,5,6). The fourth-order valence-electron chi connectivity index (χ4n) is 6.10. The zero-order valence-corrected chi connectivity index (χ0v) is 19.2. The van der Waals surface area contributed by atoms with Crippen LogP contribution < -0.4 is 15.4 Å². The second kappa shape index (κ2) is 9.67. The lowest BCUT2D eigenvalue weighted by molar-refractivity contribution is -0.159. The van der Waals surface area contributed by atoms with Crippen molar-refractivity contribution in [2.45, 2.75) is 50.3 Å². The Labute approximate surface area is 192 Å². The van der Waals surface area contributed by atoms with Crippen molar-refractivity contribution < 1.29 is 29.3 Å². The Balaban J connectivity index is 0.000000427. The van der Waals surface area contributed by atoms with Crippen molar-refractivity contribution in [2.24, 2.45) is 17.3 Å². The molecule has 0 aliphatic heterocycles. The summed E-state index contributed by atoms with van der Waals surface area (Å²) in [6.45, 7) is 3.22. The molecule has 0 aromatic heterocycles. The number of halogens is 1. The van der Waals surface area contributed by atoms with E-state index in [1.807, 2.05) is 25.1 Å². The lowest BCUT2D eigenvalue weighted by Gasteiger charge is -2.60. The number of carbonyl (C=O) groups excluding carboxylic acids is 1. The molecule has 4 aliphatic rings. The number of benzene rings is 1. The first-order chi connectivity index (χ1) is 15.0. The maximum atomic E-state index is 12.4. The highest BCUT2D eigenvalue weighted by molar-refractivity contribution is 6.27. The molecule has 0 saturated heterocycles. The normalized spacial score (nSPS) is 29.6. The SMILES string of the molecule is COc1ccc(C)cc1NC(=O)CNCC12CC3CC(CC(Cl)(C3)C1)C2.O=C(O)C(=O)O. The summed E-state index contributed by atoms with van der Waals surface area (Å²) in [6.07, 6.45) is 7.41. The number of amides is 1. The van der Waals surface area contributed by atoms with Gasteiger partial charge >= 0.3 is 11.9 Å². The van der Waals surface area contributed by atoms with Gasteiger partial charge in [0, 0.05) is 11.4 Å². The van der Waals surface area contributed by atoms with E-state index in [0.717, 1.165) is 36.1 Å². The van der Waals surface area contributed by atoms with E-state index in [9.17, 15) is 4.79 Å². The minimum Gasteiger partial charge on any atom is -0.495 e. The Morgan fingerprint density at radius 2 is 1.75 bits per heavy atom. The highest BCUT2D eigenvalue weighted by Crippen LogP contribution is 2.63. The van der Waals surface area contributed by atoms with E-state index in [4.69, 9.17) is 36.1 Å². The van der Waals surface area contributed by atoms with Gasteiger partial charge in [-0.1, -0.05) is 6.07 Å². The van der Waals surface area contributed by atoms with Gasteiger partial charge in [0.15, 0.2) is 0 Å². The second-order valence-electron chi connectivity index (χ2n) is 9.58. The van der Waals surface area contributed by atoms with E-state index in [-0.39, 0.29) is 10.8 Å². The third-order valence-electron chi connectivity index (χ3n) is 6.71. The van der Waals surface area contributed by atoms with Gasteiger partial charge in [-0.3, -0.25) is 4.79 Å². The Kier molecular flexibility index (Phi) is 7.35. The van der Waals surface area contributed by atoms with Crippen molar-refractivity contribution in [3.05, 3.63) is 23.8 Å². The van der Waals surface area contributed by atoms with Gasteiger partial charge < -0.3 is 25.6 Å². The highest BCUT2D eigenvalue weighted by atomic mass is 35.5. The van der Waals surface area contributed by atoms with Crippen LogP contribution in [0.25, 0.3) is 0 Å². The number of carbonyl (C=O) groups is 3. The van der Waals surface area contributed by atoms with Crippen LogP contribution in [0.2, 0.25) is 0 Å². The van der Waals surface area contributed by atoms with Gasteiger partial charge in [-0.05, 0) is 80.4 Å². The van der Waals surface area contributed by atoms with E-state index in [0.29, 0.717) is 17.7 Å². The molecule has 1 aromatic rings. The zero-order chi connectivity index (χ0) is 23.5. The average Bonchev–Trinajstić information content (AvgIpc) is 2.66. The number of anilines is 1. The Hall–Kier alpha value is -2.32. The smallest absolute Gasteiger partial charge is 0.414 e. The third kappa shape index (κ3) is 5.92. The van der Waals surface area contributed by atoms with Crippen LogP contribution in [-0.2, 0) is 14.4 Å². The Morgan fingerprint density at radius 1 is 1.12 bits per heavy atom. The maximum absolute atomic E-state index is 12.4. The van der Waals surface area contributed by atoms with Gasteiger partial charge in [-0.15, -0.1) is 11.6 Å². The van der Waals surface area contributed by atoms with Crippen LogP contribution in [-0.4, -0.2) is 53.1 Å². The molecule has 1 aromatic carbocycles. The van der Waals surface area contributed by atoms with Gasteiger partial charge in [0.2, 0.25) is 5.91 Å². The number of hydrogen-bond acceptors (Lipinski definition) is 5. The van der Waals surface area contributed by atoms with Crippen molar-refractivity contribution >= 4 is 35.1 Å². The quantitative estimate of drug-likeness (QED) is 0.374. The molecule has 4 N–H and O–H groups in total. The lowest BCUT2D eigenvalue weighted by Crippen LogP contribution is -2.56. The predicted octanol–water partition coefficient (Wildman–Crippen LogP) is 3.27. The van der Waals surface area contributed by atoms with Gasteiger partial charge in [0.05, 0.1) is 19.3 Å². The summed E-state index contributed by atoms with van der Waals surface area (Å²) in [5, 5.41) is 21.2. The number of ether oxygens (including phenoxy) is 1. The molecule has 0 heterocycles. The molecular formula is C23H31ClN2O6. The van der Waals surface area contributed by atoms with Crippen LogP contribution >= 0.6 is 11.6 Å². The number of carboxylic acids is 2. The monoisotopic (exact) mass is 466 g/mol. The summed E-state index contributed by atoms with van der Waals surface area (Å²) in [4.78, 5) is 30.6. The summed E-state index contributed by atoms with van der Waals surface area (Å²) in [5.74, 6) is -1.40.